The first-order chi connectivity index (χ1) is 12.1. The van der Waals surface area contributed by atoms with Gasteiger partial charge in [-0.2, -0.15) is 0 Å². The van der Waals surface area contributed by atoms with Crippen LogP contribution < -0.4 is 10.6 Å². The topological polar surface area (TPSA) is 44.4 Å². The van der Waals surface area contributed by atoms with Gasteiger partial charge in [0.25, 0.3) is 5.91 Å². The average Bonchev–Trinajstić information content (AvgIpc) is 2.64. The van der Waals surface area contributed by atoms with E-state index in [2.05, 4.69) is 26.6 Å². The Labute approximate surface area is 161 Å². The molecule has 4 nitrogen and oxygen atoms in total. The van der Waals surface area contributed by atoms with Gasteiger partial charge in [-0.3, -0.25) is 4.79 Å². The van der Waals surface area contributed by atoms with Crippen LogP contribution in [-0.2, 0) is 0 Å². The monoisotopic (exact) mass is 417 g/mol. The summed E-state index contributed by atoms with van der Waals surface area (Å²) in [6.07, 6.45) is 3.41. The summed E-state index contributed by atoms with van der Waals surface area (Å²) in [5.74, 6) is 0.113. The van der Waals surface area contributed by atoms with Crippen molar-refractivity contribution in [2.24, 2.45) is 0 Å². The summed E-state index contributed by atoms with van der Waals surface area (Å²) in [5, 5.41) is 6.78. The molecule has 0 aromatic heterocycles. The maximum atomic E-state index is 12.5. The van der Waals surface area contributed by atoms with Crippen molar-refractivity contribution in [1.29, 1.82) is 0 Å². The van der Waals surface area contributed by atoms with Crippen LogP contribution in [0.5, 0.6) is 0 Å². The van der Waals surface area contributed by atoms with Gasteiger partial charge in [0.15, 0.2) is 5.11 Å². The lowest BCUT2D eigenvalue weighted by Gasteiger charge is -2.26. The molecule has 3 rings (SSSR count). The van der Waals surface area contributed by atoms with Gasteiger partial charge in [0.2, 0.25) is 0 Å². The van der Waals surface area contributed by atoms with E-state index in [1.165, 1.54) is 6.42 Å². The van der Waals surface area contributed by atoms with Crippen molar-refractivity contribution < 1.29 is 4.79 Å². The smallest absolute Gasteiger partial charge is 0.253 e. The first kappa shape index (κ1) is 17.9. The Hall–Kier alpha value is -1.92. The lowest BCUT2D eigenvalue weighted by molar-refractivity contribution is 0.0724. The van der Waals surface area contributed by atoms with E-state index in [1.54, 1.807) is 0 Å². The number of hydrogen-bond acceptors (Lipinski definition) is 2. The molecule has 0 unspecified atom stereocenters. The highest BCUT2D eigenvalue weighted by molar-refractivity contribution is 9.10. The van der Waals surface area contributed by atoms with Gasteiger partial charge in [-0.25, -0.2) is 0 Å². The summed E-state index contributed by atoms with van der Waals surface area (Å²) >= 11 is 8.73. The maximum Gasteiger partial charge on any atom is 0.253 e. The summed E-state index contributed by atoms with van der Waals surface area (Å²) < 4.78 is 1.02. The summed E-state index contributed by atoms with van der Waals surface area (Å²) in [5.41, 5.74) is 2.49. The Morgan fingerprint density at radius 1 is 0.880 bits per heavy atom. The highest BCUT2D eigenvalue weighted by Gasteiger charge is 2.17. The Kier molecular flexibility index (Phi) is 6.04. The van der Waals surface area contributed by atoms with E-state index in [0.717, 1.165) is 47.3 Å². The number of likely N-dealkylation sites (tertiary alicyclic amines) is 1. The minimum absolute atomic E-state index is 0.113. The van der Waals surface area contributed by atoms with Crippen LogP contribution in [0.4, 0.5) is 11.4 Å². The quantitative estimate of drug-likeness (QED) is 0.698. The number of nitrogens with zero attached hydrogens (tertiary/aromatic N) is 1. The van der Waals surface area contributed by atoms with Gasteiger partial charge in [-0.15, -0.1) is 0 Å². The number of amides is 1. The molecule has 0 radical (unpaired) electrons. The van der Waals surface area contributed by atoms with Crippen LogP contribution in [0, 0.1) is 0 Å². The van der Waals surface area contributed by atoms with Crippen molar-refractivity contribution in [2.75, 3.05) is 23.7 Å². The number of thiocarbonyl (C=S) groups is 1. The van der Waals surface area contributed by atoms with E-state index < -0.39 is 0 Å². The number of nitrogens with one attached hydrogen (secondary N) is 2. The lowest BCUT2D eigenvalue weighted by Crippen LogP contribution is -2.35. The van der Waals surface area contributed by atoms with Gasteiger partial charge in [0, 0.05) is 34.5 Å². The zero-order valence-electron chi connectivity index (χ0n) is 13.8. The lowest BCUT2D eigenvalue weighted by atomic mass is 10.1. The summed E-state index contributed by atoms with van der Waals surface area (Å²) in [6, 6.07) is 15.2. The molecule has 0 bridgehead atoms. The molecule has 2 aromatic rings. The summed E-state index contributed by atoms with van der Waals surface area (Å²) in [6.45, 7) is 1.72. The third kappa shape index (κ3) is 5.03. The fourth-order valence-corrected chi connectivity index (χ4v) is 3.30. The first-order valence-electron chi connectivity index (χ1n) is 8.35. The van der Waals surface area contributed by atoms with Gasteiger partial charge in [0.05, 0.1) is 0 Å². The molecular formula is C19H20BrN3OS. The van der Waals surface area contributed by atoms with E-state index in [9.17, 15) is 4.79 Å². The predicted octanol–water partition coefficient (Wildman–Crippen LogP) is 4.88. The molecule has 1 heterocycles. The minimum atomic E-state index is 0.113. The van der Waals surface area contributed by atoms with E-state index in [0.29, 0.717) is 5.11 Å². The molecule has 0 aliphatic carbocycles. The SMILES string of the molecule is O=C(c1ccc(NC(=S)Nc2ccc(Br)cc2)cc1)N1CCCCC1. The summed E-state index contributed by atoms with van der Waals surface area (Å²) in [7, 11) is 0. The van der Waals surface area contributed by atoms with Crippen molar-refractivity contribution in [2.45, 2.75) is 19.3 Å². The molecule has 25 heavy (non-hydrogen) atoms. The van der Waals surface area contributed by atoms with Crippen molar-refractivity contribution in [3.05, 3.63) is 58.6 Å². The molecule has 0 spiro atoms. The number of hydrogen-bond donors (Lipinski definition) is 2. The zero-order valence-corrected chi connectivity index (χ0v) is 16.2. The predicted molar refractivity (Wildman–Crippen MR) is 110 cm³/mol. The average molecular weight is 418 g/mol. The highest BCUT2D eigenvalue weighted by atomic mass is 79.9. The number of halogens is 1. The summed E-state index contributed by atoms with van der Waals surface area (Å²) in [4.78, 5) is 14.4. The van der Waals surface area contributed by atoms with Gasteiger partial charge in [-0.1, -0.05) is 15.9 Å². The maximum absolute atomic E-state index is 12.5. The van der Waals surface area contributed by atoms with Gasteiger partial charge < -0.3 is 15.5 Å². The molecule has 1 aliphatic rings. The molecule has 0 atom stereocenters. The number of piperidine rings is 1. The molecule has 2 N–H and O–H groups in total. The number of anilines is 2. The van der Waals surface area contributed by atoms with Gasteiger partial charge in [-0.05, 0) is 80.0 Å². The molecule has 0 saturated carbocycles. The standard InChI is InChI=1S/C19H20BrN3OS/c20-15-6-10-17(11-7-15)22-19(25)21-16-8-4-14(5-9-16)18(24)23-12-2-1-3-13-23/h4-11H,1-3,12-13H2,(H2,21,22,25). The Bertz CT molecular complexity index is 740. The Morgan fingerprint density at radius 3 is 1.96 bits per heavy atom. The number of carbonyl (C=O) groups excluding carboxylic acids is 1. The van der Waals surface area contributed by atoms with Crippen molar-refractivity contribution in [3.8, 4) is 0 Å². The van der Waals surface area contributed by atoms with E-state index in [1.807, 2.05) is 53.4 Å². The van der Waals surface area contributed by atoms with Crippen LogP contribution in [0.2, 0.25) is 0 Å². The van der Waals surface area contributed by atoms with E-state index in [-0.39, 0.29) is 5.91 Å². The van der Waals surface area contributed by atoms with Crippen molar-refractivity contribution >= 4 is 50.5 Å². The minimum Gasteiger partial charge on any atom is -0.339 e. The fraction of sp³-hybridized carbons (Fsp3) is 0.263. The molecular weight excluding hydrogens is 398 g/mol. The molecule has 6 heteroatoms. The van der Waals surface area contributed by atoms with Crippen molar-refractivity contribution in [3.63, 3.8) is 0 Å². The molecule has 1 saturated heterocycles. The second-order valence-electron chi connectivity index (χ2n) is 6.02. The number of benzene rings is 2. The fourth-order valence-electron chi connectivity index (χ4n) is 2.80. The first-order valence-corrected chi connectivity index (χ1v) is 9.55. The second kappa shape index (κ2) is 8.45. The normalized spacial score (nSPS) is 14.0. The van der Waals surface area contributed by atoms with E-state index >= 15 is 0 Å². The highest BCUT2D eigenvalue weighted by Crippen LogP contribution is 2.17. The molecule has 2 aromatic carbocycles. The Balaban J connectivity index is 1.57. The number of carbonyl (C=O) groups is 1. The zero-order chi connectivity index (χ0) is 17.6. The third-order valence-corrected chi connectivity index (χ3v) is 4.87. The van der Waals surface area contributed by atoms with Crippen LogP contribution >= 0.6 is 28.1 Å². The van der Waals surface area contributed by atoms with Crippen LogP contribution in [0.25, 0.3) is 0 Å². The second-order valence-corrected chi connectivity index (χ2v) is 7.34. The van der Waals surface area contributed by atoms with Crippen LogP contribution in [0.1, 0.15) is 29.6 Å². The largest absolute Gasteiger partial charge is 0.339 e. The van der Waals surface area contributed by atoms with Gasteiger partial charge >= 0.3 is 0 Å². The van der Waals surface area contributed by atoms with Crippen LogP contribution in [-0.4, -0.2) is 29.0 Å². The molecule has 1 aliphatic heterocycles. The third-order valence-electron chi connectivity index (χ3n) is 4.14. The number of rotatable bonds is 3. The van der Waals surface area contributed by atoms with Crippen molar-refractivity contribution in [1.82, 2.24) is 4.90 Å². The Morgan fingerprint density at radius 2 is 1.40 bits per heavy atom. The van der Waals surface area contributed by atoms with Gasteiger partial charge in [0.1, 0.15) is 0 Å². The molecule has 1 fully saturated rings. The van der Waals surface area contributed by atoms with Crippen LogP contribution in [0.15, 0.2) is 53.0 Å². The van der Waals surface area contributed by atoms with Crippen LogP contribution in [0.3, 0.4) is 0 Å². The molecule has 130 valence electrons. The van der Waals surface area contributed by atoms with E-state index in [4.69, 9.17) is 12.2 Å². The molecule has 1 amide bonds.